The van der Waals surface area contributed by atoms with Crippen LogP contribution in [-0.4, -0.2) is 15.0 Å². The number of benzene rings is 3. The van der Waals surface area contributed by atoms with Crippen LogP contribution in [-0.2, 0) is 7.05 Å². The quantitative estimate of drug-likeness (QED) is 0.359. The maximum atomic E-state index is 13.7. The highest BCUT2D eigenvalue weighted by molar-refractivity contribution is 6.17. The lowest BCUT2D eigenvalue weighted by Gasteiger charge is -2.11. The molecule has 0 atom stereocenters. The predicted molar refractivity (Wildman–Crippen MR) is 122 cm³/mol. The molecule has 2 heterocycles. The monoisotopic (exact) mass is 428 g/mol. The zero-order chi connectivity index (χ0) is 22.6. The predicted octanol–water partition coefficient (Wildman–Crippen LogP) is 5.77. The van der Waals surface area contributed by atoms with E-state index < -0.39 is 11.6 Å². The van der Waals surface area contributed by atoms with Crippen molar-refractivity contribution in [2.45, 2.75) is 6.92 Å². The molecule has 2 aromatic heterocycles. The Morgan fingerprint density at radius 3 is 1.97 bits per heavy atom. The summed E-state index contributed by atoms with van der Waals surface area (Å²) in [6.45, 7) is 1.42. The lowest BCUT2D eigenvalue weighted by atomic mass is 9.98. The van der Waals surface area contributed by atoms with E-state index in [0.717, 1.165) is 5.39 Å². The summed E-state index contributed by atoms with van der Waals surface area (Å²) >= 11 is 0. The fourth-order valence-corrected chi connectivity index (χ4v) is 4.37. The molecule has 0 fully saturated rings. The number of carbonyl (C=O) groups is 1. The fraction of sp³-hybridized carbons (Fsp3) is 0.0769. The van der Waals surface area contributed by atoms with Gasteiger partial charge < -0.3 is 4.57 Å². The van der Waals surface area contributed by atoms with Crippen molar-refractivity contribution in [2.75, 3.05) is 0 Å². The van der Waals surface area contributed by atoms with Crippen molar-refractivity contribution in [1.29, 1.82) is 0 Å². The van der Waals surface area contributed by atoms with Crippen LogP contribution in [0.5, 0.6) is 0 Å². The van der Waals surface area contributed by atoms with E-state index in [1.807, 2.05) is 24.3 Å². The topological polar surface area (TPSA) is 44.0 Å². The number of hydrogen-bond donors (Lipinski definition) is 0. The summed E-state index contributed by atoms with van der Waals surface area (Å²) in [7, 11) is 1.68. The maximum absolute atomic E-state index is 13.7. The number of aryl methyl sites for hydroxylation is 1. The largest absolute Gasteiger partial charge is 0.311 e. The van der Waals surface area contributed by atoms with Crippen LogP contribution in [0.1, 0.15) is 11.7 Å². The summed E-state index contributed by atoms with van der Waals surface area (Å²) < 4.78 is 30.4. The van der Waals surface area contributed by atoms with Gasteiger partial charge >= 0.3 is 0 Å². The molecular formula is C26H18F2N2O2. The molecular weight excluding hydrogens is 410 g/mol. The summed E-state index contributed by atoms with van der Waals surface area (Å²) in [4.78, 5) is 26.6. The Balaban J connectivity index is 2.10. The van der Waals surface area contributed by atoms with Crippen molar-refractivity contribution in [2.24, 2.45) is 7.05 Å². The third kappa shape index (κ3) is 2.87. The van der Waals surface area contributed by atoms with Crippen LogP contribution in [0.15, 0.2) is 77.6 Å². The van der Waals surface area contributed by atoms with Gasteiger partial charge in [-0.3, -0.25) is 14.2 Å². The Bertz CT molecular complexity index is 1580. The van der Waals surface area contributed by atoms with E-state index in [-0.39, 0.29) is 11.5 Å². The third-order valence-electron chi connectivity index (χ3n) is 5.78. The number of para-hydroxylation sites is 1. The van der Waals surface area contributed by atoms with Gasteiger partial charge in [-0.15, -0.1) is 0 Å². The molecule has 0 aliphatic carbocycles. The van der Waals surface area contributed by atoms with Gasteiger partial charge in [0.05, 0.1) is 22.1 Å². The van der Waals surface area contributed by atoms with Crippen molar-refractivity contribution < 1.29 is 13.6 Å². The van der Waals surface area contributed by atoms with E-state index in [4.69, 9.17) is 0 Å². The van der Waals surface area contributed by atoms with Crippen LogP contribution < -0.4 is 5.56 Å². The minimum atomic E-state index is -0.413. The van der Waals surface area contributed by atoms with Crippen LogP contribution in [0.25, 0.3) is 44.2 Å². The summed E-state index contributed by atoms with van der Waals surface area (Å²) in [5, 5.41) is 1.09. The molecule has 0 spiro atoms. The summed E-state index contributed by atoms with van der Waals surface area (Å²) in [5.41, 5.74) is 3.02. The van der Waals surface area contributed by atoms with Crippen molar-refractivity contribution in [3.63, 3.8) is 0 Å². The lowest BCUT2D eigenvalue weighted by molar-refractivity contribution is 0.0943. The second-order valence-electron chi connectivity index (χ2n) is 7.70. The highest BCUT2D eigenvalue weighted by atomic mass is 19.1. The molecule has 0 amide bonds. The Labute approximate surface area is 182 Å². The SMILES string of the molecule is CC(=O)n1c(-c2ccc(F)cc2)c(-c2ccc(F)cc2)c2c(=O)n(C)c3ccccc3c21. The minimum Gasteiger partial charge on any atom is -0.311 e. The Morgan fingerprint density at radius 2 is 1.38 bits per heavy atom. The molecule has 6 heteroatoms. The Morgan fingerprint density at radius 1 is 0.812 bits per heavy atom. The van der Waals surface area contributed by atoms with E-state index in [2.05, 4.69) is 0 Å². The molecule has 0 aliphatic rings. The van der Waals surface area contributed by atoms with Crippen molar-refractivity contribution in [3.05, 3.63) is 94.8 Å². The van der Waals surface area contributed by atoms with Crippen molar-refractivity contribution >= 4 is 27.7 Å². The fourth-order valence-electron chi connectivity index (χ4n) is 4.37. The van der Waals surface area contributed by atoms with Gasteiger partial charge in [-0.1, -0.05) is 30.3 Å². The zero-order valence-corrected chi connectivity index (χ0v) is 17.4. The van der Waals surface area contributed by atoms with Crippen molar-refractivity contribution in [3.8, 4) is 22.4 Å². The molecule has 5 rings (SSSR count). The third-order valence-corrected chi connectivity index (χ3v) is 5.78. The molecule has 32 heavy (non-hydrogen) atoms. The van der Waals surface area contributed by atoms with Crippen LogP contribution in [0.3, 0.4) is 0 Å². The molecule has 5 aromatic rings. The standard InChI is InChI=1S/C26H18F2N2O2/c1-15(31)30-24(17-9-13-19(28)14-10-17)22(16-7-11-18(27)12-8-16)23-25(30)20-5-3-4-6-21(20)29(2)26(23)32/h3-14H,1-2H3. The second kappa shape index (κ2) is 7.27. The van der Waals surface area contributed by atoms with E-state index in [0.29, 0.717) is 38.8 Å². The van der Waals surface area contributed by atoms with E-state index in [1.165, 1.54) is 35.8 Å². The zero-order valence-electron chi connectivity index (χ0n) is 17.4. The molecule has 158 valence electrons. The van der Waals surface area contributed by atoms with Gasteiger partial charge in [0.25, 0.3) is 5.56 Å². The first kappa shape index (κ1) is 19.9. The number of halogens is 2. The average molecular weight is 428 g/mol. The molecule has 0 N–H and O–H groups in total. The van der Waals surface area contributed by atoms with Gasteiger partial charge in [0.2, 0.25) is 5.91 Å². The van der Waals surface area contributed by atoms with Crippen LogP contribution in [0.4, 0.5) is 8.78 Å². The molecule has 0 bridgehead atoms. The van der Waals surface area contributed by atoms with E-state index in [1.54, 1.807) is 35.9 Å². The maximum Gasteiger partial charge on any atom is 0.260 e. The number of aromatic nitrogens is 2. The number of nitrogens with zero attached hydrogens (tertiary/aromatic N) is 2. The molecule has 0 saturated carbocycles. The molecule has 0 unspecified atom stereocenters. The first-order valence-electron chi connectivity index (χ1n) is 10.1. The van der Waals surface area contributed by atoms with Crippen LogP contribution in [0.2, 0.25) is 0 Å². The second-order valence-corrected chi connectivity index (χ2v) is 7.70. The lowest BCUT2D eigenvalue weighted by Crippen LogP contribution is -2.18. The minimum absolute atomic E-state index is 0.276. The van der Waals surface area contributed by atoms with Gasteiger partial charge in [-0.2, -0.15) is 0 Å². The highest BCUT2D eigenvalue weighted by Crippen LogP contribution is 2.41. The number of pyridine rings is 1. The number of fused-ring (bicyclic) bond motifs is 3. The smallest absolute Gasteiger partial charge is 0.260 e. The molecule has 4 nitrogen and oxygen atoms in total. The highest BCUT2D eigenvalue weighted by Gasteiger charge is 2.27. The summed E-state index contributed by atoms with van der Waals surface area (Å²) in [6.07, 6.45) is 0. The van der Waals surface area contributed by atoms with Crippen LogP contribution in [0, 0.1) is 11.6 Å². The average Bonchev–Trinajstić information content (AvgIpc) is 3.15. The van der Waals surface area contributed by atoms with Gasteiger partial charge in [-0.25, -0.2) is 8.78 Å². The molecule has 0 radical (unpaired) electrons. The summed E-state index contributed by atoms with van der Waals surface area (Å²) in [6, 6.07) is 18.9. The normalized spacial score (nSPS) is 11.4. The molecule has 0 saturated heterocycles. The first-order valence-corrected chi connectivity index (χ1v) is 10.1. The molecule has 3 aromatic carbocycles. The number of carbonyl (C=O) groups excluding carboxylic acids is 1. The van der Waals surface area contributed by atoms with E-state index in [9.17, 15) is 18.4 Å². The molecule has 0 aliphatic heterocycles. The van der Waals surface area contributed by atoms with E-state index >= 15 is 0 Å². The first-order chi connectivity index (χ1) is 15.4. The number of hydrogen-bond acceptors (Lipinski definition) is 2. The van der Waals surface area contributed by atoms with Crippen LogP contribution >= 0.6 is 0 Å². The van der Waals surface area contributed by atoms with Crippen molar-refractivity contribution in [1.82, 2.24) is 9.13 Å². The van der Waals surface area contributed by atoms with Gasteiger partial charge in [-0.05, 0) is 53.6 Å². The number of rotatable bonds is 2. The van der Waals surface area contributed by atoms with Gasteiger partial charge in [0.1, 0.15) is 11.6 Å². The van der Waals surface area contributed by atoms with Gasteiger partial charge in [0, 0.05) is 24.9 Å². The Kier molecular flexibility index (Phi) is 4.51. The Hall–Kier alpha value is -4.06. The summed E-state index contributed by atoms with van der Waals surface area (Å²) in [5.74, 6) is -1.12. The van der Waals surface area contributed by atoms with Gasteiger partial charge in [0.15, 0.2) is 0 Å².